The number of unbranched alkanes of at least 4 members (excludes halogenated alkanes) is 2. The maximum absolute atomic E-state index is 10.0. The molecule has 1 rings (SSSR count). The molecule has 18 heavy (non-hydrogen) atoms. The van der Waals surface area contributed by atoms with Gasteiger partial charge in [0.1, 0.15) is 6.20 Å². The maximum atomic E-state index is 10.0. The van der Waals surface area contributed by atoms with E-state index >= 15 is 0 Å². The van der Waals surface area contributed by atoms with Crippen molar-refractivity contribution < 1.29 is 9.59 Å². The molecule has 0 bridgehead atoms. The SMILES string of the molecule is CCCC/C=C/CCC1NC=C[N+]1(CC)C(C)O. The summed E-state index contributed by atoms with van der Waals surface area (Å²) in [7, 11) is 0. The van der Waals surface area contributed by atoms with Gasteiger partial charge in [-0.2, -0.15) is 0 Å². The number of hydrogen-bond donors (Lipinski definition) is 2. The van der Waals surface area contributed by atoms with Crippen LogP contribution in [0.3, 0.4) is 0 Å². The van der Waals surface area contributed by atoms with E-state index in [0.29, 0.717) is 10.6 Å². The van der Waals surface area contributed by atoms with Crippen molar-refractivity contribution >= 4 is 0 Å². The zero-order valence-electron chi connectivity index (χ0n) is 12.1. The molecule has 3 atom stereocenters. The lowest BCUT2D eigenvalue weighted by atomic mass is 10.1. The molecule has 1 aliphatic rings. The van der Waals surface area contributed by atoms with Crippen LogP contribution in [0.25, 0.3) is 0 Å². The maximum Gasteiger partial charge on any atom is 0.193 e. The molecule has 0 spiro atoms. The van der Waals surface area contributed by atoms with Crippen LogP contribution >= 0.6 is 0 Å². The molecule has 0 aliphatic carbocycles. The summed E-state index contributed by atoms with van der Waals surface area (Å²) in [5.41, 5.74) is 0. The summed E-state index contributed by atoms with van der Waals surface area (Å²) in [6, 6.07) is 0. The molecular formula is C15H29N2O+. The molecule has 0 aromatic carbocycles. The van der Waals surface area contributed by atoms with Gasteiger partial charge < -0.3 is 10.4 Å². The van der Waals surface area contributed by atoms with E-state index in [4.69, 9.17) is 0 Å². The van der Waals surface area contributed by atoms with E-state index in [1.165, 1.54) is 19.3 Å². The summed E-state index contributed by atoms with van der Waals surface area (Å²) in [4.78, 5) is 0. The quantitative estimate of drug-likeness (QED) is 0.396. The monoisotopic (exact) mass is 253 g/mol. The van der Waals surface area contributed by atoms with Gasteiger partial charge in [0.15, 0.2) is 12.4 Å². The summed E-state index contributed by atoms with van der Waals surface area (Å²) in [6.07, 6.45) is 14.5. The van der Waals surface area contributed by atoms with E-state index in [1.54, 1.807) is 0 Å². The van der Waals surface area contributed by atoms with E-state index in [9.17, 15) is 5.11 Å². The number of rotatable bonds is 8. The van der Waals surface area contributed by atoms with Gasteiger partial charge in [-0.15, -0.1) is 0 Å². The number of aliphatic hydroxyl groups excluding tert-OH is 1. The number of quaternary nitrogens is 1. The normalized spacial score (nSPS) is 28.8. The number of nitrogens with one attached hydrogen (secondary N) is 1. The van der Waals surface area contributed by atoms with Crippen LogP contribution in [0, 0.1) is 0 Å². The Hall–Kier alpha value is -0.800. The lowest BCUT2D eigenvalue weighted by molar-refractivity contribution is -0.942. The Morgan fingerprint density at radius 3 is 2.67 bits per heavy atom. The van der Waals surface area contributed by atoms with Crippen molar-refractivity contribution in [3.05, 3.63) is 24.6 Å². The topological polar surface area (TPSA) is 32.3 Å². The van der Waals surface area contributed by atoms with Crippen LogP contribution in [0.4, 0.5) is 0 Å². The fourth-order valence-electron chi connectivity index (χ4n) is 2.65. The molecular weight excluding hydrogens is 224 g/mol. The van der Waals surface area contributed by atoms with Crippen LogP contribution in [0.2, 0.25) is 0 Å². The van der Waals surface area contributed by atoms with Crippen LogP contribution in [0.1, 0.15) is 52.9 Å². The van der Waals surface area contributed by atoms with Gasteiger partial charge in [0.05, 0.1) is 12.7 Å². The third-order valence-electron chi connectivity index (χ3n) is 3.96. The Bertz CT molecular complexity index is 286. The van der Waals surface area contributed by atoms with Gasteiger partial charge in [-0.25, -0.2) is 0 Å². The molecule has 0 aromatic rings. The Balaban J connectivity index is 2.40. The highest BCUT2D eigenvalue weighted by atomic mass is 16.3. The highest BCUT2D eigenvalue weighted by Gasteiger charge is 2.40. The van der Waals surface area contributed by atoms with Crippen LogP contribution in [-0.2, 0) is 0 Å². The predicted molar refractivity (Wildman–Crippen MR) is 76.4 cm³/mol. The Labute approximate surface area is 112 Å². The van der Waals surface area contributed by atoms with Gasteiger partial charge in [-0.05, 0) is 19.8 Å². The highest BCUT2D eigenvalue weighted by molar-refractivity contribution is 4.88. The van der Waals surface area contributed by atoms with Crippen molar-refractivity contribution in [2.45, 2.75) is 65.3 Å². The third-order valence-corrected chi connectivity index (χ3v) is 3.96. The fraction of sp³-hybridized carbons (Fsp3) is 0.733. The second-order valence-corrected chi connectivity index (χ2v) is 5.13. The predicted octanol–water partition coefficient (Wildman–Crippen LogP) is 3.09. The van der Waals surface area contributed by atoms with Gasteiger partial charge in [-0.1, -0.05) is 31.9 Å². The van der Waals surface area contributed by atoms with Gasteiger partial charge >= 0.3 is 0 Å². The lowest BCUT2D eigenvalue weighted by Gasteiger charge is -2.39. The first-order valence-electron chi connectivity index (χ1n) is 7.31. The van der Waals surface area contributed by atoms with Crippen LogP contribution in [0.5, 0.6) is 0 Å². The minimum atomic E-state index is -0.352. The second-order valence-electron chi connectivity index (χ2n) is 5.13. The van der Waals surface area contributed by atoms with E-state index in [0.717, 1.165) is 19.4 Å². The Morgan fingerprint density at radius 2 is 2.06 bits per heavy atom. The molecule has 104 valence electrons. The number of nitrogens with zero attached hydrogens (tertiary/aromatic N) is 1. The highest BCUT2D eigenvalue weighted by Crippen LogP contribution is 2.25. The zero-order valence-corrected chi connectivity index (χ0v) is 12.1. The largest absolute Gasteiger partial charge is 0.345 e. The lowest BCUT2D eigenvalue weighted by Crippen LogP contribution is -2.57. The molecule has 1 heterocycles. The molecule has 0 saturated carbocycles. The van der Waals surface area contributed by atoms with E-state index in [2.05, 4.69) is 37.5 Å². The van der Waals surface area contributed by atoms with Crippen molar-refractivity contribution in [2.24, 2.45) is 0 Å². The Morgan fingerprint density at radius 1 is 1.33 bits per heavy atom. The van der Waals surface area contributed by atoms with Crippen LogP contribution < -0.4 is 5.32 Å². The van der Waals surface area contributed by atoms with Crippen molar-refractivity contribution in [3.63, 3.8) is 0 Å². The minimum absolute atomic E-state index is 0.311. The first kappa shape index (κ1) is 15.3. The molecule has 3 heteroatoms. The summed E-state index contributed by atoms with van der Waals surface area (Å²) in [5, 5.41) is 13.4. The van der Waals surface area contributed by atoms with Crippen molar-refractivity contribution in [3.8, 4) is 0 Å². The van der Waals surface area contributed by atoms with Gasteiger partial charge in [-0.3, -0.25) is 4.48 Å². The summed E-state index contributed by atoms with van der Waals surface area (Å²) >= 11 is 0. The average Bonchev–Trinajstić information content (AvgIpc) is 2.77. The summed E-state index contributed by atoms with van der Waals surface area (Å²) < 4.78 is 0.642. The van der Waals surface area contributed by atoms with Crippen molar-refractivity contribution in [1.82, 2.24) is 5.32 Å². The van der Waals surface area contributed by atoms with Crippen LogP contribution in [0.15, 0.2) is 24.6 Å². The molecule has 3 nitrogen and oxygen atoms in total. The van der Waals surface area contributed by atoms with E-state index in [1.807, 2.05) is 13.1 Å². The molecule has 0 aromatic heterocycles. The van der Waals surface area contributed by atoms with Crippen LogP contribution in [-0.4, -0.2) is 28.5 Å². The smallest absolute Gasteiger partial charge is 0.193 e. The summed E-state index contributed by atoms with van der Waals surface area (Å²) in [5.74, 6) is 0. The molecule has 0 radical (unpaired) electrons. The molecule has 0 saturated heterocycles. The molecule has 1 aliphatic heterocycles. The average molecular weight is 253 g/mol. The fourth-order valence-corrected chi connectivity index (χ4v) is 2.65. The second kappa shape index (κ2) is 7.59. The standard InChI is InChI=1S/C15H29N2O/c1-4-6-7-8-9-10-11-15-16-12-13-17(15,5-2)14(3)18/h8-9,12-16,18H,4-7,10-11H2,1-3H3/q+1/b9-8+. The van der Waals surface area contributed by atoms with E-state index < -0.39 is 0 Å². The van der Waals surface area contributed by atoms with E-state index in [-0.39, 0.29) is 6.23 Å². The van der Waals surface area contributed by atoms with Crippen molar-refractivity contribution in [2.75, 3.05) is 6.54 Å². The number of aliphatic hydroxyl groups is 1. The minimum Gasteiger partial charge on any atom is -0.345 e. The molecule has 0 amide bonds. The molecule has 3 unspecified atom stereocenters. The zero-order chi connectivity index (χ0) is 13.4. The molecule has 2 N–H and O–H groups in total. The third kappa shape index (κ3) is 3.59. The van der Waals surface area contributed by atoms with Gasteiger partial charge in [0, 0.05) is 13.3 Å². The first-order valence-corrected chi connectivity index (χ1v) is 7.31. The number of hydrogen-bond acceptors (Lipinski definition) is 2. The first-order chi connectivity index (χ1) is 8.67. The Kier molecular flexibility index (Phi) is 6.44. The van der Waals surface area contributed by atoms with Crippen molar-refractivity contribution in [1.29, 1.82) is 0 Å². The number of allylic oxidation sites excluding steroid dienone is 2. The molecule has 0 fully saturated rings. The summed E-state index contributed by atoms with van der Waals surface area (Å²) in [6.45, 7) is 7.15. The van der Waals surface area contributed by atoms with Gasteiger partial charge in [0.2, 0.25) is 0 Å². The van der Waals surface area contributed by atoms with Gasteiger partial charge in [0.25, 0.3) is 0 Å².